The fourth-order valence-electron chi connectivity index (χ4n) is 1.88. The molecule has 5 nitrogen and oxygen atoms in total. The third-order valence-corrected chi connectivity index (χ3v) is 2.99. The molecule has 1 aliphatic heterocycles. The van der Waals surface area contributed by atoms with E-state index in [1.807, 2.05) is 0 Å². The van der Waals surface area contributed by atoms with Crippen molar-refractivity contribution in [2.75, 3.05) is 19.9 Å². The standard InChI is InChI=1S/C14H14ClNO4/c1-3-5-16-12(14(17)18-4-2)9-6-10(15)13-11(7-9)19-8-20-13/h1,6-7,12,16H,4-5,8H2,2H3. The summed E-state index contributed by atoms with van der Waals surface area (Å²) in [7, 11) is 0. The van der Waals surface area contributed by atoms with Gasteiger partial charge in [0.2, 0.25) is 6.79 Å². The molecule has 0 fully saturated rings. The van der Waals surface area contributed by atoms with Gasteiger partial charge in [-0.15, -0.1) is 6.42 Å². The SMILES string of the molecule is C#CCNC(C(=O)OCC)c1cc(Cl)c2c(c1)OCO2. The fourth-order valence-corrected chi connectivity index (χ4v) is 2.15. The number of hydrogen-bond acceptors (Lipinski definition) is 5. The molecule has 1 aliphatic rings. The molecule has 20 heavy (non-hydrogen) atoms. The maximum absolute atomic E-state index is 12.0. The molecule has 106 valence electrons. The fraction of sp³-hybridized carbons (Fsp3) is 0.357. The average molecular weight is 296 g/mol. The maximum Gasteiger partial charge on any atom is 0.327 e. The largest absolute Gasteiger partial charge is 0.465 e. The van der Waals surface area contributed by atoms with Gasteiger partial charge in [-0.05, 0) is 24.6 Å². The monoisotopic (exact) mass is 295 g/mol. The minimum Gasteiger partial charge on any atom is -0.465 e. The molecule has 2 rings (SSSR count). The van der Waals surface area contributed by atoms with Gasteiger partial charge < -0.3 is 14.2 Å². The number of benzene rings is 1. The molecule has 0 spiro atoms. The summed E-state index contributed by atoms with van der Waals surface area (Å²) in [6, 6.07) is 2.64. The van der Waals surface area contributed by atoms with Gasteiger partial charge in [0, 0.05) is 0 Å². The van der Waals surface area contributed by atoms with Crippen molar-refractivity contribution in [1.29, 1.82) is 0 Å². The summed E-state index contributed by atoms with van der Waals surface area (Å²) < 4.78 is 15.5. The van der Waals surface area contributed by atoms with Crippen LogP contribution < -0.4 is 14.8 Å². The van der Waals surface area contributed by atoms with Crippen LogP contribution in [0, 0.1) is 12.3 Å². The summed E-state index contributed by atoms with van der Waals surface area (Å²) in [6.45, 7) is 2.37. The third kappa shape index (κ3) is 2.98. The number of esters is 1. The first-order valence-corrected chi connectivity index (χ1v) is 6.47. The summed E-state index contributed by atoms with van der Waals surface area (Å²) in [4.78, 5) is 12.0. The number of hydrogen-bond donors (Lipinski definition) is 1. The average Bonchev–Trinajstić information content (AvgIpc) is 2.88. The third-order valence-electron chi connectivity index (χ3n) is 2.71. The van der Waals surface area contributed by atoms with Crippen molar-refractivity contribution >= 4 is 17.6 Å². The predicted molar refractivity (Wildman–Crippen MR) is 73.8 cm³/mol. The van der Waals surface area contributed by atoms with Crippen molar-refractivity contribution in [1.82, 2.24) is 5.32 Å². The van der Waals surface area contributed by atoms with Gasteiger partial charge in [0.15, 0.2) is 11.5 Å². The lowest BCUT2D eigenvalue weighted by Crippen LogP contribution is -2.30. The minimum atomic E-state index is -0.696. The Morgan fingerprint density at radius 1 is 1.60 bits per heavy atom. The molecule has 1 aromatic carbocycles. The minimum absolute atomic E-state index is 0.111. The van der Waals surface area contributed by atoms with Crippen molar-refractivity contribution < 1.29 is 19.0 Å². The molecule has 1 atom stereocenters. The normalized spacial score (nSPS) is 13.7. The number of nitrogens with one attached hydrogen (secondary N) is 1. The van der Waals surface area contributed by atoms with E-state index in [1.54, 1.807) is 19.1 Å². The smallest absolute Gasteiger partial charge is 0.327 e. The lowest BCUT2D eigenvalue weighted by molar-refractivity contribution is -0.145. The van der Waals surface area contributed by atoms with Crippen LogP contribution in [0.15, 0.2) is 12.1 Å². The Hall–Kier alpha value is -1.90. The number of ether oxygens (including phenoxy) is 3. The van der Waals surface area contributed by atoms with Gasteiger partial charge in [-0.1, -0.05) is 17.5 Å². The molecule has 1 aromatic rings. The molecular weight excluding hydrogens is 282 g/mol. The molecule has 6 heteroatoms. The molecular formula is C14H14ClNO4. The Balaban J connectivity index is 2.31. The second-order valence-corrected chi connectivity index (χ2v) is 4.41. The molecule has 0 aliphatic carbocycles. The van der Waals surface area contributed by atoms with Crippen molar-refractivity contribution in [3.05, 3.63) is 22.7 Å². The summed E-state index contributed by atoms with van der Waals surface area (Å²) in [6.07, 6.45) is 5.21. The Bertz CT molecular complexity index is 553. The number of fused-ring (bicyclic) bond motifs is 1. The second-order valence-electron chi connectivity index (χ2n) is 4.01. The van der Waals surface area contributed by atoms with Gasteiger partial charge in [-0.3, -0.25) is 5.32 Å². The van der Waals surface area contributed by atoms with E-state index in [9.17, 15) is 4.79 Å². The number of carbonyl (C=O) groups excluding carboxylic acids is 1. The zero-order valence-electron chi connectivity index (χ0n) is 10.9. The van der Waals surface area contributed by atoms with Gasteiger partial charge in [0.05, 0.1) is 18.2 Å². The van der Waals surface area contributed by atoms with Crippen LogP contribution in [-0.4, -0.2) is 25.9 Å². The number of halogens is 1. The first-order valence-electron chi connectivity index (χ1n) is 6.10. The first-order chi connectivity index (χ1) is 9.67. The molecule has 0 amide bonds. The van der Waals surface area contributed by atoms with E-state index in [0.29, 0.717) is 22.1 Å². The van der Waals surface area contributed by atoms with Crippen molar-refractivity contribution in [2.24, 2.45) is 0 Å². The van der Waals surface area contributed by atoms with Gasteiger partial charge in [-0.25, -0.2) is 4.79 Å². The van der Waals surface area contributed by atoms with Crippen molar-refractivity contribution in [3.63, 3.8) is 0 Å². The molecule has 0 aromatic heterocycles. The maximum atomic E-state index is 12.0. The highest BCUT2D eigenvalue weighted by Crippen LogP contribution is 2.41. The molecule has 0 saturated heterocycles. The van der Waals surface area contributed by atoms with Crippen molar-refractivity contribution in [2.45, 2.75) is 13.0 Å². The molecule has 0 bridgehead atoms. The lowest BCUT2D eigenvalue weighted by atomic mass is 10.1. The molecule has 0 radical (unpaired) electrons. The first kappa shape index (κ1) is 14.5. The van der Waals surface area contributed by atoms with Crippen molar-refractivity contribution in [3.8, 4) is 23.8 Å². The molecule has 1 heterocycles. The van der Waals surface area contributed by atoms with Crippen LogP contribution >= 0.6 is 11.6 Å². The van der Waals surface area contributed by atoms with E-state index in [4.69, 9.17) is 32.2 Å². The van der Waals surface area contributed by atoms with Crippen LogP contribution in [0.1, 0.15) is 18.5 Å². The molecule has 1 unspecified atom stereocenters. The van der Waals surface area contributed by atoms with E-state index in [-0.39, 0.29) is 19.9 Å². The molecule has 0 saturated carbocycles. The summed E-state index contributed by atoms with van der Waals surface area (Å²) in [5.74, 6) is 2.99. The number of carbonyl (C=O) groups is 1. The van der Waals surface area contributed by atoms with E-state index in [2.05, 4.69) is 11.2 Å². The second kappa shape index (κ2) is 6.51. The highest BCUT2D eigenvalue weighted by atomic mass is 35.5. The summed E-state index contributed by atoms with van der Waals surface area (Å²) in [5.41, 5.74) is 0.618. The van der Waals surface area contributed by atoms with Crippen LogP contribution in [0.4, 0.5) is 0 Å². The van der Waals surface area contributed by atoms with E-state index in [1.165, 1.54) is 0 Å². The van der Waals surface area contributed by atoms with Crippen LogP contribution in [-0.2, 0) is 9.53 Å². The van der Waals surface area contributed by atoms with E-state index >= 15 is 0 Å². The highest BCUT2D eigenvalue weighted by molar-refractivity contribution is 6.32. The quantitative estimate of drug-likeness (QED) is 0.664. The van der Waals surface area contributed by atoms with Crippen LogP contribution in [0.3, 0.4) is 0 Å². The Morgan fingerprint density at radius 2 is 2.40 bits per heavy atom. The summed E-state index contributed by atoms with van der Waals surface area (Å²) >= 11 is 6.11. The van der Waals surface area contributed by atoms with Crippen LogP contribution in [0.5, 0.6) is 11.5 Å². The highest BCUT2D eigenvalue weighted by Gasteiger charge is 2.26. The topological polar surface area (TPSA) is 56.8 Å². The zero-order chi connectivity index (χ0) is 14.5. The van der Waals surface area contributed by atoms with Gasteiger partial charge >= 0.3 is 5.97 Å². The number of terminal acetylenes is 1. The Kier molecular flexibility index (Phi) is 4.72. The van der Waals surface area contributed by atoms with Gasteiger partial charge in [-0.2, -0.15) is 0 Å². The van der Waals surface area contributed by atoms with Crippen LogP contribution in [0.25, 0.3) is 0 Å². The molecule has 1 N–H and O–H groups in total. The van der Waals surface area contributed by atoms with E-state index in [0.717, 1.165) is 0 Å². The zero-order valence-corrected chi connectivity index (χ0v) is 11.7. The predicted octanol–water partition coefficient (Wildman–Crippen LogP) is 1.90. The van der Waals surface area contributed by atoms with Crippen LogP contribution in [0.2, 0.25) is 5.02 Å². The van der Waals surface area contributed by atoms with E-state index < -0.39 is 12.0 Å². The summed E-state index contributed by atoms with van der Waals surface area (Å²) in [5, 5.41) is 3.30. The van der Waals surface area contributed by atoms with Gasteiger partial charge in [0.1, 0.15) is 6.04 Å². The van der Waals surface area contributed by atoms with Gasteiger partial charge in [0.25, 0.3) is 0 Å². The number of rotatable bonds is 5. The Morgan fingerprint density at radius 3 is 3.10 bits per heavy atom. The Labute approximate surface area is 122 Å². The lowest BCUT2D eigenvalue weighted by Gasteiger charge is -2.17.